The second-order valence-corrected chi connectivity index (χ2v) is 7.22. The summed E-state index contributed by atoms with van der Waals surface area (Å²) in [5.74, 6) is 0.285. The van der Waals surface area contributed by atoms with Crippen LogP contribution in [0.15, 0.2) is 22.8 Å². The molecule has 1 aromatic heterocycles. The number of piperidine rings is 1. The highest BCUT2D eigenvalue weighted by molar-refractivity contribution is 5.91. The van der Waals surface area contributed by atoms with Crippen molar-refractivity contribution in [3.8, 4) is 0 Å². The number of carbonyl (C=O) groups is 3. The van der Waals surface area contributed by atoms with Crippen molar-refractivity contribution in [2.45, 2.75) is 25.8 Å². The number of nitrogens with zero attached hydrogens (tertiary/aromatic N) is 2. The van der Waals surface area contributed by atoms with Gasteiger partial charge in [-0.1, -0.05) is 0 Å². The highest BCUT2D eigenvalue weighted by Gasteiger charge is 2.29. The van der Waals surface area contributed by atoms with Gasteiger partial charge in [-0.3, -0.25) is 9.59 Å². The summed E-state index contributed by atoms with van der Waals surface area (Å²) in [7, 11) is 0. The van der Waals surface area contributed by atoms with Crippen LogP contribution in [0.2, 0.25) is 0 Å². The predicted octanol–water partition coefficient (Wildman–Crippen LogP) is -0.643. The Balaban J connectivity index is 1.35. The van der Waals surface area contributed by atoms with Gasteiger partial charge < -0.3 is 29.2 Å². The average molecular weight is 393 g/mol. The summed E-state index contributed by atoms with van der Waals surface area (Å²) in [6.45, 7) is 6.47. The molecule has 2 aliphatic rings. The molecule has 0 spiro atoms. The van der Waals surface area contributed by atoms with E-state index in [0.29, 0.717) is 45.1 Å². The van der Waals surface area contributed by atoms with Crippen molar-refractivity contribution in [3.63, 3.8) is 0 Å². The lowest BCUT2D eigenvalue weighted by atomic mass is 10.1. The molecular formula is C19H29N4O5+. The lowest BCUT2D eigenvalue weighted by Crippen LogP contribution is -3.15. The van der Waals surface area contributed by atoms with Crippen LogP contribution in [0.5, 0.6) is 0 Å². The van der Waals surface area contributed by atoms with Gasteiger partial charge in [0.25, 0.3) is 11.8 Å². The molecule has 0 atom stereocenters. The molecule has 3 amide bonds. The van der Waals surface area contributed by atoms with E-state index in [1.54, 1.807) is 28.9 Å². The van der Waals surface area contributed by atoms with Crippen molar-refractivity contribution < 1.29 is 28.4 Å². The van der Waals surface area contributed by atoms with E-state index >= 15 is 0 Å². The molecule has 28 heavy (non-hydrogen) atoms. The van der Waals surface area contributed by atoms with E-state index in [-0.39, 0.29) is 23.9 Å². The van der Waals surface area contributed by atoms with Crippen LogP contribution in [0.1, 0.15) is 30.3 Å². The molecule has 0 aromatic carbocycles. The number of hydrogen-bond donors (Lipinski definition) is 2. The van der Waals surface area contributed by atoms with Gasteiger partial charge in [-0.2, -0.15) is 0 Å². The molecule has 154 valence electrons. The second-order valence-electron chi connectivity index (χ2n) is 7.22. The van der Waals surface area contributed by atoms with E-state index in [2.05, 4.69) is 5.32 Å². The Morgan fingerprint density at radius 2 is 1.89 bits per heavy atom. The number of quaternary nitrogens is 1. The molecule has 0 saturated carbocycles. The van der Waals surface area contributed by atoms with Gasteiger partial charge in [0.15, 0.2) is 12.3 Å². The largest absolute Gasteiger partial charge is 0.459 e. The molecule has 3 rings (SSSR count). The fourth-order valence-corrected chi connectivity index (χ4v) is 3.69. The molecule has 3 heterocycles. The topological polar surface area (TPSA) is 96.5 Å². The van der Waals surface area contributed by atoms with Crippen molar-refractivity contribution in [2.24, 2.45) is 0 Å². The number of amides is 3. The number of piperazine rings is 1. The van der Waals surface area contributed by atoms with Crippen LogP contribution >= 0.6 is 0 Å². The third-order valence-electron chi connectivity index (χ3n) is 5.29. The molecule has 0 radical (unpaired) electrons. The van der Waals surface area contributed by atoms with Gasteiger partial charge in [0, 0.05) is 19.1 Å². The quantitative estimate of drug-likeness (QED) is 0.694. The number of nitrogens with one attached hydrogen (secondary N) is 2. The highest BCUT2D eigenvalue weighted by Crippen LogP contribution is 2.11. The van der Waals surface area contributed by atoms with E-state index < -0.39 is 0 Å². The van der Waals surface area contributed by atoms with Gasteiger partial charge in [-0.15, -0.1) is 0 Å². The highest BCUT2D eigenvalue weighted by atomic mass is 16.6. The normalized spacial score (nSPS) is 18.8. The Labute approximate surface area is 164 Å². The van der Waals surface area contributed by atoms with E-state index in [0.717, 1.165) is 25.9 Å². The maximum absolute atomic E-state index is 12.4. The smallest absolute Gasteiger partial charge is 0.409 e. The van der Waals surface area contributed by atoms with Crippen LogP contribution in [0.3, 0.4) is 0 Å². The van der Waals surface area contributed by atoms with E-state index in [4.69, 9.17) is 9.15 Å². The van der Waals surface area contributed by atoms with Crippen molar-refractivity contribution >= 4 is 17.9 Å². The molecule has 1 aromatic rings. The first-order valence-electron chi connectivity index (χ1n) is 9.94. The number of ether oxygens (including phenoxy) is 1. The number of furan rings is 1. The monoisotopic (exact) mass is 393 g/mol. The summed E-state index contributed by atoms with van der Waals surface area (Å²) in [6.07, 6.45) is 2.70. The van der Waals surface area contributed by atoms with E-state index in [9.17, 15) is 14.4 Å². The first-order chi connectivity index (χ1) is 13.6. The minimum absolute atomic E-state index is 0.0235. The van der Waals surface area contributed by atoms with Crippen molar-refractivity contribution in [1.29, 1.82) is 0 Å². The fraction of sp³-hybridized carbons (Fsp3) is 0.632. The van der Waals surface area contributed by atoms with Gasteiger partial charge in [-0.05, 0) is 31.9 Å². The van der Waals surface area contributed by atoms with Crippen LogP contribution in [-0.4, -0.2) is 86.2 Å². The first-order valence-corrected chi connectivity index (χ1v) is 9.94. The number of carbonyl (C=O) groups excluding carboxylic acids is 3. The summed E-state index contributed by atoms with van der Waals surface area (Å²) < 4.78 is 10.2. The number of likely N-dealkylation sites (tertiary alicyclic amines) is 1. The Hall–Kier alpha value is -2.55. The van der Waals surface area contributed by atoms with Gasteiger partial charge in [0.2, 0.25) is 0 Å². The maximum atomic E-state index is 12.4. The predicted molar refractivity (Wildman–Crippen MR) is 99.9 cm³/mol. The Kier molecular flexibility index (Phi) is 6.91. The van der Waals surface area contributed by atoms with Crippen molar-refractivity contribution in [2.75, 3.05) is 52.4 Å². The summed E-state index contributed by atoms with van der Waals surface area (Å²) in [5.41, 5.74) is 0. The lowest BCUT2D eigenvalue weighted by molar-refractivity contribution is -0.896. The van der Waals surface area contributed by atoms with Crippen LogP contribution in [0, 0.1) is 0 Å². The van der Waals surface area contributed by atoms with Gasteiger partial charge in [0.05, 0.1) is 39.0 Å². The van der Waals surface area contributed by atoms with Crippen LogP contribution in [-0.2, 0) is 9.53 Å². The first kappa shape index (κ1) is 20.2. The fourth-order valence-electron chi connectivity index (χ4n) is 3.69. The Morgan fingerprint density at radius 1 is 1.18 bits per heavy atom. The summed E-state index contributed by atoms with van der Waals surface area (Å²) in [5, 5.41) is 3.08. The lowest BCUT2D eigenvalue weighted by Gasteiger charge is -2.33. The average Bonchev–Trinajstić information content (AvgIpc) is 3.23. The SMILES string of the molecule is CCOC(=O)N1CCC(NC(=O)C[NH+]2CCN(C(=O)c3ccco3)CC2)CC1. The third kappa shape index (κ3) is 5.25. The summed E-state index contributed by atoms with van der Waals surface area (Å²) >= 11 is 0. The van der Waals surface area contributed by atoms with Crippen LogP contribution in [0.25, 0.3) is 0 Å². The molecule has 2 saturated heterocycles. The molecule has 0 unspecified atom stereocenters. The molecule has 2 N–H and O–H groups in total. The molecule has 0 aliphatic carbocycles. The molecule has 9 nitrogen and oxygen atoms in total. The Morgan fingerprint density at radius 3 is 2.50 bits per heavy atom. The second kappa shape index (κ2) is 9.59. The van der Waals surface area contributed by atoms with Gasteiger partial charge in [0.1, 0.15) is 0 Å². The Bertz CT molecular complexity index is 662. The maximum Gasteiger partial charge on any atom is 0.409 e. The minimum Gasteiger partial charge on any atom is -0.459 e. The van der Waals surface area contributed by atoms with Crippen LogP contribution in [0.4, 0.5) is 4.79 Å². The van der Waals surface area contributed by atoms with E-state index in [1.165, 1.54) is 11.2 Å². The van der Waals surface area contributed by atoms with E-state index in [1.807, 2.05) is 0 Å². The molecule has 2 fully saturated rings. The number of hydrogen-bond acceptors (Lipinski definition) is 5. The van der Waals surface area contributed by atoms with Crippen LogP contribution < -0.4 is 10.2 Å². The standard InChI is InChI=1S/C19H28N4O5/c1-2-27-19(26)23-7-5-15(6-8-23)20-17(24)14-21-9-11-22(12-10-21)18(25)16-4-3-13-28-16/h3-4,13,15H,2,5-12,14H2,1H3,(H,20,24)/p+1. The molecule has 0 bridgehead atoms. The van der Waals surface area contributed by atoms with Crippen molar-refractivity contribution in [1.82, 2.24) is 15.1 Å². The summed E-state index contributed by atoms with van der Waals surface area (Å²) in [6, 6.07) is 3.47. The molecular weight excluding hydrogens is 364 g/mol. The zero-order chi connectivity index (χ0) is 19.9. The zero-order valence-electron chi connectivity index (χ0n) is 16.3. The molecule has 9 heteroatoms. The zero-order valence-corrected chi connectivity index (χ0v) is 16.3. The number of rotatable bonds is 5. The third-order valence-corrected chi connectivity index (χ3v) is 5.29. The molecule has 2 aliphatic heterocycles. The summed E-state index contributed by atoms with van der Waals surface area (Å²) in [4.78, 5) is 41.0. The van der Waals surface area contributed by atoms with Crippen molar-refractivity contribution in [3.05, 3.63) is 24.2 Å². The van der Waals surface area contributed by atoms with Gasteiger partial charge in [-0.25, -0.2) is 4.79 Å². The van der Waals surface area contributed by atoms with Gasteiger partial charge >= 0.3 is 6.09 Å². The minimum atomic E-state index is -0.279.